The molecule has 2 fully saturated rings. The van der Waals surface area contributed by atoms with E-state index in [0.717, 1.165) is 19.3 Å². The zero-order valence-corrected chi connectivity index (χ0v) is 9.76. The highest BCUT2D eigenvalue weighted by Gasteiger charge is 2.42. The van der Waals surface area contributed by atoms with Crippen molar-refractivity contribution in [2.45, 2.75) is 49.8 Å². The first-order valence-corrected chi connectivity index (χ1v) is 5.97. The van der Waals surface area contributed by atoms with E-state index in [9.17, 15) is 14.7 Å². The van der Waals surface area contributed by atoms with Crippen LogP contribution in [0.5, 0.6) is 0 Å². The zero-order chi connectivity index (χ0) is 12.6. The Kier molecular flexibility index (Phi) is 3.09. The fourth-order valence-corrected chi connectivity index (χ4v) is 2.57. The van der Waals surface area contributed by atoms with Crippen LogP contribution in [0.25, 0.3) is 0 Å². The summed E-state index contributed by atoms with van der Waals surface area (Å²) in [6.45, 7) is 0.183. The third-order valence-corrected chi connectivity index (χ3v) is 3.78. The van der Waals surface area contributed by atoms with Crippen molar-refractivity contribution in [3.8, 4) is 0 Å². The molecule has 1 heterocycles. The van der Waals surface area contributed by atoms with Gasteiger partial charge in [-0.15, -0.1) is 0 Å². The molecule has 2 atom stereocenters. The van der Waals surface area contributed by atoms with Gasteiger partial charge < -0.3 is 21.5 Å². The maximum Gasteiger partial charge on any atom is 0.240 e. The quantitative estimate of drug-likeness (QED) is 0.570. The van der Waals surface area contributed by atoms with Crippen molar-refractivity contribution in [2.75, 3.05) is 6.54 Å². The summed E-state index contributed by atoms with van der Waals surface area (Å²) in [6, 6.07) is -0.679. The van der Waals surface area contributed by atoms with Gasteiger partial charge in [0.2, 0.25) is 11.8 Å². The van der Waals surface area contributed by atoms with E-state index in [0.29, 0.717) is 0 Å². The fraction of sp³-hybridized carbons (Fsp3) is 0.818. The number of amides is 2. The summed E-state index contributed by atoms with van der Waals surface area (Å²) in [6.07, 6.45) is 2.55. The minimum absolute atomic E-state index is 0.174. The number of primary amides is 1. The first kappa shape index (κ1) is 12.3. The summed E-state index contributed by atoms with van der Waals surface area (Å²) in [5, 5.41) is 9.50. The molecule has 2 amide bonds. The van der Waals surface area contributed by atoms with Gasteiger partial charge in [-0.1, -0.05) is 0 Å². The van der Waals surface area contributed by atoms with Crippen LogP contribution in [0, 0.1) is 0 Å². The monoisotopic (exact) mass is 241 g/mol. The van der Waals surface area contributed by atoms with Crippen LogP contribution in [0.2, 0.25) is 0 Å². The molecule has 6 nitrogen and oxygen atoms in total. The van der Waals surface area contributed by atoms with Gasteiger partial charge in [0, 0.05) is 24.9 Å². The van der Waals surface area contributed by atoms with Gasteiger partial charge in [-0.05, 0) is 19.3 Å². The molecule has 5 N–H and O–H groups in total. The predicted molar refractivity (Wildman–Crippen MR) is 60.7 cm³/mol. The molecular weight excluding hydrogens is 222 g/mol. The average Bonchev–Trinajstić information content (AvgIpc) is 2.58. The van der Waals surface area contributed by atoms with Gasteiger partial charge in [-0.3, -0.25) is 9.59 Å². The Labute approximate surface area is 99.9 Å². The van der Waals surface area contributed by atoms with Crippen molar-refractivity contribution in [2.24, 2.45) is 11.5 Å². The number of nitrogens with zero attached hydrogens (tertiary/aromatic N) is 1. The molecule has 17 heavy (non-hydrogen) atoms. The normalized spacial score (nSPS) is 31.1. The van der Waals surface area contributed by atoms with Gasteiger partial charge in [0.15, 0.2) is 0 Å². The van der Waals surface area contributed by atoms with Gasteiger partial charge in [0.1, 0.15) is 6.04 Å². The largest absolute Gasteiger partial charge is 0.391 e. The Morgan fingerprint density at radius 1 is 1.41 bits per heavy atom. The molecule has 1 saturated carbocycles. The number of rotatable bonds is 3. The minimum Gasteiger partial charge on any atom is -0.391 e. The highest BCUT2D eigenvalue weighted by Crippen LogP contribution is 2.33. The van der Waals surface area contributed by atoms with Crippen LogP contribution in [-0.2, 0) is 9.59 Å². The summed E-state index contributed by atoms with van der Waals surface area (Å²) < 4.78 is 0. The van der Waals surface area contributed by atoms with E-state index in [4.69, 9.17) is 11.5 Å². The van der Waals surface area contributed by atoms with Gasteiger partial charge in [-0.25, -0.2) is 0 Å². The fourth-order valence-electron chi connectivity index (χ4n) is 2.57. The van der Waals surface area contributed by atoms with Crippen molar-refractivity contribution >= 4 is 11.8 Å². The summed E-state index contributed by atoms with van der Waals surface area (Å²) in [5.74, 6) is -0.734. The number of hydrogen-bond donors (Lipinski definition) is 3. The molecule has 0 aromatic heterocycles. The van der Waals surface area contributed by atoms with E-state index < -0.39 is 23.6 Å². The summed E-state index contributed by atoms with van der Waals surface area (Å²) >= 11 is 0. The molecule has 0 bridgehead atoms. The molecule has 0 radical (unpaired) electrons. The molecule has 1 aliphatic heterocycles. The highest BCUT2D eigenvalue weighted by molar-refractivity contribution is 5.87. The number of hydrogen-bond acceptors (Lipinski definition) is 4. The molecule has 0 spiro atoms. The lowest BCUT2D eigenvalue weighted by Crippen LogP contribution is -2.52. The SMILES string of the molecule is NC(=O)C1CC(O)CN1C(=O)CC1(N)CCC1. The Balaban J connectivity index is 2.00. The van der Waals surface area contributed by atoms with E-state index in [1.54, 1.807) is 0 Å². The molecule has 6 heteroatoms. The van der Waals surface area contributed by atoms with Crippen LogP contribution in [0.4, 0.5) is 0 Å². The summed E-state index contributed by atoms with van der Waals surface area (Å²) in [4.78, 5) is 24.6. The maximum absolute atomic E-state index is 12.0. The molecule has 0 aromatic rings. The number of aliphatic hydroxyl groups excluding tert-OH is 1. The first-order valence-electron chi connectivity index (χ1n) is 5.97. The molecule has 2 rings (SSSR count). The summed E-state index contributed by atoms with van der Waals surface area (Å²) in [5.41, 5.74) is 10.8. The number of carbonyl (C=O) groups excluding carboxylic acids is 2. The molecule has 1 aliphatic carbocycles. The van der Waals surface area contributed by atoms with Crippen LogP contribution in [0.15, 0.2) is 0 Å². The van der Waals surface area contributed by atoms with E-state index in [-0.39, 0.29) is 25.3 Å². The third kappa shape index (κ3) is 2.42. The van der Waals surface area contributed by atoms with Crippen molar-refractivity contribution in [3.05, 3.63) is 0 Å². The van der Waals surface area contributed by atoms with Gasteiger partial charge >= 0.3 is 0 Å². The van der Waals surface area contributed by atoms with Crippen LogP contribution in [0.1, 0.15) is 32.1 Å². The van der Waals surface area contributed by atoms with E-state index >= 15 is 0 Å². The van der Waals surface area contributed by atoms with Crippen LogP contribution in [0.3, 0.4) is 0 Å². The Morgan fingerprint density at radius 2 is 2.06 bits per heavy atom. The molecule has 0 aromatic carbocycles. The Morgan fingerprint density at radius 3 is 2.53 bits per heavy atom. The molecule has 1 saturated heterocycles. The van der Waals surface area contributed by atoms with E-state index in [1.807, 2.05) is 0 Å². The van der Waals surface area contributed by atoms with Crippen molar-refractivity contribution in [1.29, 1.82) is 0 Å². The van der Waals surface area contributed by atoms with Gasteiger partial charge in [0.05, 0.1) is 6.10 Å². The molecule has 2 aliphatic rings. The number of aliphatic hydroxyl groups is 1. The standard InChI is InChI=1S/C11H19N3O3/c12-10(17)8-4-7(15)6-14(8)9(16)5-11(13)2-1-3-11/h7-8,15H,1-6,13H2,(H2,12,17). The second-order valence-electron chi connectivity index (χ2n) is 5.25. The van der Waals surface area contributed by atoms with Crippen molar-refractivity contribution < 1.29 is 14.7 Å². The number of β-amino-alcohol motifs (C(OH)–C–C–N with tert-alkyl or cyclic N) is 1. The molecule has 96 valence electrons. The lowest BCUT2D eigenvalue weighted by Gasteiger charge is -2.39. The van der Waals surface area contributed by atoms with Gasteiger partial charge in [0.25, 0.3) is 0 Å². The Hall–Kier alpha value is -1.14. The Bertz CT molecular complexity index is 341. The second-order valence-corrected chi connectivity index (χ2v) is 5.25. The van der Waals surface area contributed by atoms with Crippen LogP contribution in [-0.4, -0.2) is 46.1 Å². The second kappa shape index (κ2) is 4.27. The lowest BCUT2D eigenvalue weighted by atomic mass is 9.75. The van der Waals surface area contributed by atoms with Crippen molar-refractivity contribution in [3.63, 3.8) is 0 Å². The smallest absolute Gasteiger partial charge is 0.240 e. The summed E-state index contributed by atoms with van der Waals surface area (Å²) in [7, 11) is 0. The van der Waals surface area contributed by atoms with Gasteiger partial charge in [-0.2, -0.15) is 0 Å². The molecule has 2 unspecified atom stereocenters. The topological polar surface area (TPSA) is 110 Å². The number of likely N-dealkylation sites (tertiary alicyclic amines) is 1. The minimum atomic E-state index is -0.679. The van der Waals surface area contributed by atoms with Crippen LogP contribution < -0.4 is 11.5 Å². The third-order valence-electron chi connectivity index (χ3n) is 3.78. The van der Waals surface area contributed by atoms with E-state index in [1.165, 1.54) is 4.90 Å². The lowest BCUT2D eigenvalue weighted by molar-refractivity contribution is -0.139. The van der Waals surface area contributed by atoms with Crippen LogP contribution >= 0.6 is 0 Å². The zero-order valence-electron chi connectivity index (χ0n) is 9.76. The highest BCUT2D eigenvalue weighted by atomic mass is 16.3. The number of carbonyl (C=O) groups is 2. The maximum atomic E-state index is 12.0. The number of nitrogens with two attached hydrogens (primary N) is 2. The van der Waals surface area contributed by atoms with Crippen molar-refractivity contribution in [1.82, 2.24) is 4.90 Å². The first-order chi connectivity index (χ1) is 7.91. The molecular formula is C11H19N3O3. The van der Waals surface area contributed by atoms with E-state index in [2.05, 4.69) is 0 Å². The predicted octanol–water partition coefficient (Wildman–Crippen LogP) is -1.29. The average molecular weight is 241 g/mol.